The summed E-state index contributed by atoms with van der Waals surface area (Å²) in [6.45, 7) is 1.73. The van der Waals surface area contributed by atoms with Gasteiger partial charge >= 0.3 is 21.6 Å². The van der Waals surface area contributed by atoms with Gasteiger partial charge in [-0.15, -0.1) is 0 Å². The summed E-state index contributed by atoms with van der Waals surface area (Å²) in [5.74, 6) is -0.803. The second kappa shape index (κ2) is 7.14. The molecular weight excluding hydrogens is 487 g/mol. The standard InChI is InChI=1S/C24H16F3NO6S/c25-24(26,27)35(30,31)34-15-7-9-19-21(13-15)32-20-12-14(28-10-3-11-28)6-8-18(20)23(19)17-5-2-1-4-16(17)22(29)33-23/h1-2,4-9,12-13H,3,10-11H2. The fourth-order valence-corrected chi connectivity index (χ4v) is 5.09. The molecule has 0 amide bonds. The summed E-state index contributed by atoms with van der Waals surface area (Å²) in [6.07, 6.45) is 1.05. The van der Waals surface area contributed by atoms with Crippen LogP contribution < -0.4 is 13.8 Å². The smallest absolute Gasteiger partial charge is 0.456 e. The molecule has 3 aromatic rings. The number of esters is 1. The SMILES string of the molecule is O=C1OC2(c3ccc(OS(=O)(=O)C(F)(F)F)cc3Oc3cc(N4CCC4)ccc32)c2ccccc21. The van der Waals surface area contributed by atoms with Crippen LogP contribution in [0.15, 0.2) is 60.7 Å². The Morgan fingerprint density at radius 3 is 2.29 bits per heavy atom. The molecule has 1 saturated heterocycles. The van der Waals surface area contributed by atoms with Gasteiger partial charge in [0, 0.05) is 47.6 Å². The minimum Gasteiger partial charge on any atom is -0.456 e. The molecule has 11 heteroatoms. The van der Waals surface area contributed by atoms with Crippen molar-refractivity contribution in [3.8, 4) is 17.2 Å². The number of halogens is 3. The van der Waals surface area contributed by atoms with E-state index in [1.807, 2.05) is 6.07 Å². The van der Waals surface area contributed by atoms with Crippen molar-refractivity contribution in [2.75, 3.05) is 18.0 Å². The van der Waals surface area contributed by atoms with Gasteiger partial charge in [-0.3, -0.25) is 0 Å². The topological polar surface area (TPSA) is 82.1 Å². The fraction of sp³-hybridized carbons (Fsp3) is 0.208. The minimum atomic E-state index is -5.88. The fourth-order valence-electron chi connectivity index (χ4n) is 4.64. The number of nitrogens with zero attached hydrogens (tertiary/aromatic N) is 1. The van der Waals surface area contributed by atoms with Gasteiger partial charge in [-0.1, -0.05) is 18.2 Å². The molecule has 0 N–H and O–H groups in total. The van der Waals surface area contributed by atoms with Crippen LogP contribution in [-0.4, -0.2) is 33.0 Å². The van der Waals surface area contributed by atoms with Crippen LogP contribution in [0.1, 0.15) is 33.5 Å². The third-order valence-corrected chi connectivity index (χ3v) is 7.36. The molecule has 3 aromatic carbocycles. The van der Waals surface area contributed by atoms with Crippen molar-refractivity contribution >= 4 is 21.8 Å². The third kappa shape index (κ3) is 3.10. The highest BCUT2D eigenvalue weighted by molar-refractivity contribution is 7.88. The average Bonchev–Trinajstić information content (AvgIpc) is 3.05. The molecule has 35 heavy (non-hydrogen) atoms. The summed E-state index contributed by atoms with van der Waals surface area (Å²) in [6, 6.07) is 15.8. The predicted octanol–water partition coefficient (Wildman–Crippen LogP) is 4.69. The van der Waals surface area contributed by atoms with Crippen molar-refractivity contribution in [3.63, 3.8) is 0 Å². The lowest BCUT2D eigenvalue weighted by atomic mass is 9.77. The monoisotopic (exact) mass is 503 g/mol. The van der Waals surface area contributed by atoms with E-state index in [0.717, 1.165) is 37.3 Å². The lowest BCUT2D eigenvalue weighted by Crippen LogP contribution is -2.37. The number of anilines is 1. The van der Waals surface area contributed by atoms with E-state index in [1.165, 1.54) is 6.07 Å². The van der Waals surface area contributed by atoms with Crippen LogP contribution >= 0.6 is 0 Å². The van der Waals surface area contributed by atoms with Gasteiger partial charge in [-0.05, 0) is 36.8 Å². The van der Waals surface area contributed by atoms with Crippen LogP contribution in [-0.2, 0) is 20.5 Å². The van der Waals surface area contributed by atoms with Gasteiger partial charge < -0.3 is 18.6 Å². The van der Waals surface area contributed by atoms with E-state index in [-0.39, 0.29) is 5.75 Å². The van der Waals surface area contributed by atoms with Crippen LogP contribution in [0.2, 0.25) is 0 Å². The van der Waals surface area contributed by atoms with Crippen molar-refractivity contribution in [1.82, 2.24) is 0 Å². The average molecular weight is 503 g/mol. The normalized spacial score (nSPS) is 20.3. The Kier molecular flexibility index (Phi) is 4.44. The molecule has 0 saturated carbocycles. The molecule has 7 nitrogen and oxygen atoms in total. The van der Waals surface area contributed by atoms with Crippen LogP contribution in [0.5, 0.6) is 17.2 Å². The van der Waals surface area contributed by atoms with E-state index >= 15 is 0 Å². The van der Waals surface area contributed by atoms with E-state index in [1.54, 1.807) is 36.4 Å². The summed E-state index contributed by atoms with van der Waals surface area (Å²) >= 11 is 0. The Hall–Kier alpha value is -3.73. The molecule has 1 spiro atoms. The summed E-state index contributed by atoms with van der Waals surface area (Å²) < 4.78 is 78.0. The summed E-state index contributed by atoms with van der Waals surface area (Å²) in [5, 5.41) is 0. The van der Waals surface area contributed by atoms with E-state index in [9.17, 15) is 26.4 Å². The largest absolute Gasteiger partial charge is 0.534 e. The van der Waals surface area contributed by atoms with Crippen molar-refractivity contribution in [2.24, 2.45) is 0 Å². The molecule has 3 aliphatic rings. The lowest BCUT2D eigenvalue weighted by molar-refractivity contribution is -0.0500. The van der Waals surface area contributed by atoms with E-state index < -0.39 is 32.9 Å². The van der Waals surface area contributed by atoms with Crippen molar-refractivity contribution in [2.45, 2.75) is 17.5 Å². The first-order valence-electron chi connectivity index (χ1n) is 10.7. The number of hydrogen-bond acceptors (Lipinski definition) is 7. The van der Waals surface area contributed by atoms with Gasteiger partial charge in [0.1, 0.15) is 17.2 Å². The molecular formula is C24H16F3NO6S. The number of carbonyl (C=O) groups is 1. The molecule has 3 aliphatic heterocycles. The molecule has 0 bridgehead atoms. The van der Waals surface area contributed by atoms with Gasteiger partial charge in [-0.2, -0.15) is 21.6 Å². The van der Waals surface area contributed by atoms with E-state index in [2.05, 4.69) is 9.08 Å². The van der Waals surface area contributed by atoms with Crippen molar-refractivity contribution in [3.05, 3.63) is 82.9 Å². The lowest BCUT2D eigenvalue weighted by Gasteiger charge is -2.38. The summed E-state index contributed by atoms with van der Waals surface area (Å²) in [7, 11) is -5.88. The van der Waals surface area contributed by atoms with Crippen molar-refractivity contribution in [1.29, 1.82) is 0 Å². The maximum atomic E-state index is 12.9. The second-order valence-corrected chi connectivity index (χ2v) is 9.92. The maximum absolute atomic E-state index is 12.9. The molecule has 1 fully saturated rings. The molecule has 6 rings (SSSR count). The number of carbonyl (C=O) groups excluding carboxylic acids is 1. The highest BCUT2D eigenvalue weighted by Gasteiger charge is 2.54. The molecule has 180 valence electrons. The predicted molar refractivity (Wildman–Crippen MR) is 117 cm³/mol. The van der Waals surface area contributed by atoms with E-state index in [0.29, 0.717) is 28.0 Å². The molecule has 1 atom stereocenters. The van der Waals surface area contributed by atoms with Gasteiger partial charge in [0.05, 0.1) is 5.56 Å². The van der Waals surface area contributed by atoms with Crippen LogP contribution in [0.25, 0.3) is 0 Å². The molecule has 1 unspecified atom stereocenters. The van der Waals surface area contributed by atoms with Gasteiger partial charge in [0.2, 0.25) is 0 Å². The highest BCUT2D eigenvalue weighted by Crippen LogP contribution is 2.57. The zero-order valence-electron chi connectivity index (χ0n) is 17.8. The zero-order chi connectivity index (χ0) is 24.6. The Morgan fingerprint density at radius 1 is 0.914 bits per heavy atom. The summed E-state index contributed by atoms with van der Waals surface area (Å²) in [5.41, 5.74) is -4.38. The number of benzene rings is 3. The summed E-state index contributed by atoms with van der Waals surface area (Å²) in [4.78, 5) is 15.0. The first-order chi connectivity index (χ1) is 16.6. The van der Waals surface area contributed by atoms with Crippen molar-refractivity contribution < 1.29 is 40.0 Å². The number of fused-ring (bicyclic) bond motifs is 6. The molecule has 0 radical (unpaired) electrons. The number of alkyl halides is 3. The van der Waals surface area contributed by atoms with Crippen LogP contribution in [0, 0.1) is 0 Å². The first-order valence-corrected chi connectivity index (χ1v) is 12.1. The quantitative estimate of drug-likeness (QED) is 0.291. The molecule has 3 heterocycles. The maximum Gasteiger partial charge on any atom is 0.534 e. The third-order valence-electron chi connectivity index (χ3n) is 6.38. The number of ether oxygens (including phenoxy) is 2. The Bertz CT molecular complexity index is 1500. The minimum absolute atomic E-state index is 0.0117. The zero-order valence-corrected chi connectivity index (χ0v) is 18.7. The van der Waals surface area contributed by atoms with Gasteiger partial charge in [0.15, 0.2) is 5.60 Å². The Labute approximate surface area is 197 Å². The Morgan fingerprint density at radius 2 is 1.60 bits per heavy atom. The van der Waals surface area contributed by atoms with Gasteiger partial charge in [0.25, 0.3) is 0 Å². The Balaban J connectivity index is 1.54. The van der Waals surface area contributed by atoms with E-state index in [4.69, 9.17) is 9.47 Å². The number of hydrogen-bond donors (Lipinski definition) is 0. The molecule has 0 aromatic heterocycles. The highest BCUT2D eigenvalue weighted by atomic mass is 32.2. The van der Waals surface area contributed by atoms with Crippen LogP contribution in [0.4, 0.5) is 18.9 Å². The first kappa shape index (κ1) is 21.8. The van der Waals surface area contributed by atoms with Crippen LogP contribution in [0.3, 0.4) is 0 Å². The van der Waals surface area contributed by atoms with Gasteiger partial charge in [-0.25, -0.2) is 4.79 Å². The second-order valence-electron chi connectivity index (χ2n) is 8.38. The molecule has 0 aliphatic carbocycles. The number of rotatable bonds is 3.